The van der Waals surface area contributed by atoms with Crippen LogP contribution in [0.4, 0.5) is 11.4 Å². The van der Waals surface area contributed by atoms with E-state index in [1.54, 1.807) is 90.4 Å². The first-order valence-electron chi connectivity index (χ1n) is 19.3. The molecule has 0 saturated carbocycles. The fourth-order valence-electron chi connectivity index (χ4n) is 6.25. The molecule has 0 saturated heterocycles. The van der Waals surface area contributed by atoms with Gasteiger partial charge in [-0.25, -0.2) is 0 Å². The number of halogens is 6. The van der Waals surface area contributed by atoms with Crippen LogP contribution in [0.15, 0.2) is 0 Å². The summed E-state index contributed by atoms with van der Waals surface area (Å²) in [5, 5.41) is 112. The summed E-state index contributed by atoms with van der Waals surface area (Å²) in [7, 11) is 5.39. The minimum Gasteiger partial charge on any atom is -0.394 e. The Morgan fingerprint density at radius 1 is 0.439 bits per heavy atom. The minimum absolute atomic E-state index is 0.0466. The lowest BCUT2D eigenvalue weighted by atomic mass is 10.0. The fourth-order valence-corrected chi connectivity index (χ4v) is 15.7. The molecule has 28 heteroatoms. The Morgan fingerprint density at radius 3 is 0.939 bits per heavy atom. The van der Waals surface area contributed by atoms with Crippen molar-refractivity contribution in [2.45, 2.75) is 36.6 Å². The molecule has 0 aromatic heterocycles. The van der Waals surface area contributed by atoms with Crippen LogP contribution in [-0.2, 0) is 4.79 Å². The number of anilines is 2. The van der Waals surface area contributed by atoms with Gasteiger partial charge < -0.3 is 85.6 Å². The van der Waals surface area contributed by atoms with Gasteiger partial charge in [-0.05, 0) is 136 Å². The highest BCUT2D eigenvalue weighted by atomic mass is 127. The van der Waals surface area contributed by atoms with Crippen LogP contribution in [0.5, 0.6) is 0 Å². The summed E-state index contributed by atoms with van der Waals surface area (Å²) >= 11 is 10.8. The molecule has 0 fully saturated rings. The zero-order chi connectivity index (χ0) is 50.7. The van der Waals surface area contributed by atoms with Gasteiger partial charge in [-0.3, -0.25) is 24.0 Å². The van der Waals surface area contributed by atoms with Crippen molar-refractivity contribution in [1.82, 2.24) is 19.6 Å². The summed E-state index contributed by atoms with van der Waals surface area (Å²) in [6, 6.07) is 0. The molecule has 372 valence electrons. The van der Waals surface area contributed by atoms with E-state index >= 15 is 0 Å². The van der Waals surface area contributed by atoms with E-state index in [2.05, 4.69) is 0 Å². The Bertz CT molecular complexity index is 1950. The number of carbonyl (C=O) groups excluding carboxylic acids is 5. The Balaban J connectivity index is 2.81. The average Bonchev–Trinajstić information content (AvgIpc) is 3.27. The van der Waals surface area contributed by atoms with Crippen molar-refractivity contribution in [3.05, 3.63) is 43.7 Å². The van der Waals surface area contributed by atoms with E-state index in [0.717, 1.165) is 29.4 Å². The molecule has 22 nitrogen and oxygen atoms in total. The number of hydrogen-bond acceptors (Lipinski definition) is 17. The molecule has 0 aliphatic carbocycles. The van der Waals surface area contributed by atoms with Gasteiger partial charge in [0.2, 0.25) is 6.41 Å². The van der Waals surface area contributed by atoms with E-state index in [1.807, 2.05) is 45.2 Å². The van der Waals surface area contributed by atoms with E-state index in [9.17, 15) is 80.1 Å². The first-order valence-corrected chi connectivity index (χ1v) is 25.8. The van der Waals surface area contributed by atoms with Gasteiger partial charge in [0.1, 0.15) is 6.73 Å². The van der Waals surface area contributed by atoms with E-state index in [4.69, 9.17) is 0 Å². The van der Waals surface area contributed by atoms with Crippen LogP contribution in [-0.4, -0.2) is 243 Å². The standard InChI is InChI=1S/C38H52I6N6O16/c1-45(5-17(57)11-51)35(63)23-27(39)24(36(64)46(2)6-18(58)12-52)30(42)33(29(23)41)49(15-55)9-21(61)22(62)10-50(16-56)34-31(43)25(37(65)47(3)7-19(59)13-53)28(40)26(32(34)44)38(66)48(4)8-20(60)14-54/h15,17-22,51-54,56-62H,5-14,16H2,1-4H3. The van der Waals surface area contributed by atoms with E-state index < -0.39 is 107 Å². The molecule has 66 heavy (non-hydrogen) atoms. The topological polar surface area (TPSA) is 327 Å². The summed E-state index contributed by atoms with van der Waals surface area (Å²) in [4.78, 5) is 75.6. The molecule has 2 aromatic rings. The van der Waals surface area contributed by atoms with E-state index in [-0.39, 0.29) is 81.2 Å². The zero-order valence-electron chi connectivity index (χ0n) is 35.7. The maximum absolute atomic E-state index is 14.0. The fraction of sp³-hybridized carbons (Fsp3) is 0.553. The summed E-state index contributed by atoms with van der Waals surface area (Å²) < 4.78 is 0.818. The van der Waals surface area contributed by atoms with Crippen LogP contribution in [0.2, 0.25) is 0 Å². The first kappa shape index (κ1) is 61.6. The Hall–Kier alpha value is -0.470. The number of likely N-dealkylation sites (N-methyl/N-ethyl adjacent to an activating group) is 4. The maximum Gasteiger partial charge on any atom is 0.255 e. The van der Waals surface area contributed by atoms with Crippen molar-refractivity contribution < 1.29 is 80.1 Å². The quantitative estimate of drug-likeness (QED) is 0.0296. The number of aliphatic hydroxyl groups excluding tert-OH is 11. The van der Waals surface area contributed by atoms with Crippen molar-refractivity contribution in [1.29, 1.82) is 0 Å². The normalized spacial score (nSPS) is 14.1. The molecule has 0 aliphatic rings. The largest absolute Gasteiger partial charge is 0.394 e. The van der Waals surface area contributed by atoms with Crippen LogP contribution >= 0.6 is 136 Å². The molecule has 11 N–H and O–H groups in total. The van der Waals surface area contributed by atoms with Gasteiger partial charge in [-0.2, -0.15) is 0 Å². The van der Waals surface area contributed by atoms with Crippen molar-refractivity contribution in [3.63, 3.8) is 0 Å². The summed E-state index contributed by atoms with van der Waals surface area (Å²) in [5.41, 5.74) is -0.320. The van der Waals surface area contributed by atoms with Gasteiger partial charge in [-0.15, -0.1) is 0 Å². The van der Waals surface area contributed by atoms with Crippen molar-refractivity contribution in [2.75, 3.05) is 110 Å². The van der Waals surface area contributed by atoms with Gasteiger partial charge in [0.05, 0.1) is 118 Å². The van der Waals surface area contributed by atoms with Crippen LogP contribution in [0.25, 0.3) is 0 Å². The van der Waals surface area contributed by atoms with Crippen molar-refractivity contribution >= 4 is 177 Å². The van der Waals surface area contributed by atoms with Crippen molar-refractivity contribution in [2.24, 2.45) is 0 Å². The third kappa shape index (κ3) is 15.3. The number of rotatable bonds is 25. The smallest absolute Gasteiger partial charge is 0.255 e. The van der Waals surface area contributed by atoms with Crippen LogP contribution in [0, 0.1) is 21.4 Å². The third-order valence-corrected chi connectivity index (χ3v) is 16.1. The molecule has 2 rings (SSSR count). The van der Waals surface area contributed by atoms with Crippen LogP contribution in [0.3, 0.4) is 0 Å². The first-order chi connectivity index (χ1) is 30.8. The minimum atomic E-state index is -1.84. The molecule has 0 bridgehead atoms. The Kier molecular flexibility index (Phi) is 26.7. The van der Waals surface area contributed by atoms with Gasteiger partial charge in [0.25, 0.3) is 23.6 Å². The third-order valence-electron chi connectivity index (χ3n) is 9.75. The monoisotopic (exact) mass is 1610 g/mol. The molecule has 0 spiro atoms. The van der Waals surface area contributed by atoms with Gasteiger partial charge in [0.15, 0.2) is 0 Å². The molecular weight excluding hydrogens is 1560 g/mol. The summed E-state index contributed by atoms with van der Waals surface area (Å²) in [5.74, 6) is -2.86. The number of aliphatic hydroxyl groups is 11. The SMILES string of the molecule is CN(CC(O)CO)C(=O)c1c(I)c(C(=O)N(C)CC(O)CO)c(I)c(N(C=O)CC(O)C(O)CN(CO)c2c(I)c(C(=O)N(C)CC(O)CO)c(I)c(C(=O)N(C)CC(O)CO)c2I)c1I. The Morgan fingerprint density at radius 2 is 0.697 bits per heavy atom. The zero-order valence-corrected chi connectivity index (χ0v) is 48.7. The van der Waals surface area contributed by atoms with Crippen LogP contribution < -0.4 is 9.80 Å². The second kappa shape index (κ2) is 28.5. The highest BCUT2D eigenvalue weighted by molar-refractivity contribution is 14.1. The lowest BCUT2D eigenvalue weighted by Crippen LogP contribution is -2.46. The predicted molar refractivity (Wildman–Crippen MR) is 289 cm³/mol. The maximum atomic E-state index is 14.0. The van der Waals surface area contributed by atoms with Crippen molar-refractivity contribution in [3.8, 4) is 0 Å². The molecule has 0 aliphatic heterocycles. The van der Waals surface area contributed by atoms with Gasteiger partial charge in [0, 0.05) is 68.1 Å². The predicted octanol–water partition coefficient (Wildman–Crippen LogP) is -1.84. The van der Waals surface area contributed by atoms with E-state index in [1.165, 1.54) is 28.2 Å². The molecular formula is C38H52I6N6O16. The number of hydrogen-bond donors (Lipinski definition) is 11. The average molecular weight is 1610 g/mol. The Labute approximate surface area is 462 Å². The highest BCUT2D eigenvalue weighted by Gasteiger charge is 2.37. The second-order valence-electron chi connectivity index (χ2n) is 14.9. The molecule has 5 amide bonds. The number of amides is 5. The highest BCUT2D eigenvalue weighted by Crippen LogP contribution is 2.41. The van der Waals surface area contributed by atoms with Gasteiger partial charge in [-0.1, -0.05) is 0 Å². The molecule has 0 heterocycles. The number of benzene rings is 2. The second-order valence-corrected chi connectivity index (χ2v) is 21.4. The summed E-state index contributed by atoms with van der Waals surface area (Å²) in [6.45, 7) is -6.07. The van der Waals surface area contributed by atoms with E-state index in [0.29, 0.717) is 6.41 Å². The molecule has 0 radical (unpaired) electrons. The lowest BCUT2D eigenvalue weighted by molar-refractivity contribution is -0.108. The number of nitrogens with zero attached hydrogens (tertiary/aromatic N) is 6. The van der Waals surface area contributed by atoms with Gasteiger partial charge >= 0.3 is 0 Å². The molecule has 6 atom stereocenters. The van der Waals surface area contributed by atoms with Crippen LogP contribution in [0.1, 0.15) is 41.4 Å². The lowest BCUT2D eigenvalue weighted by Gasteiger charge is -2.33. The molecule has 6 unspecified atom stereocenters. The molecule has 2 aromatic carbocycles. The number of carbonyl (C=O) groups is 5. The summed E-state index contributed by atoms with van der Waals surface area (Å²) in [6.07, 6.45) is -8.63.